The van der Waals surface area contributed by atoms with Crippen molar-refractivity contribution in [2.75, 3.05) is 6.61 Å². The Morgan fingerprint density at radius 2 is 1.89 bits per heavy atom. The fourth-order valence-corrected chi connectivity index (χ4v) is 1.71. The van der Waals surface area contributed by atoms with E-state index in [-0.39, 0.29) is 5.56 Å². The van der Waals surface area contributed by atoms with E-state index < -0.39 is 0 Å². The first-order valence-corrected chi connectivity index (χ1v) is 6.42. The van der Waals surface area contributed by atoms with Gasteiger partial charge in [-0.15, -0.1) is 0 Å². The first-order valence-electron chi connectivity index (χ1n) is 6.42. The molecule has 0 bridgehead atoms. The van der Waals surface area contributed by atoms with Crippen LogP contribution in [0.3, 0.4) is 0 Å². The number of aromatic amines is 1. The van der Waals surface area contributed by atoms with Crippen LogP contribution in [0.2, 0.25) is 0 Å². The van der Waals surface area contributed by atoms with Crippen molar-refractivity contribution in [3.63, 3.8) is 0 Å². The van der Waals surface area contributed by atoms with E-state index in [1.807, 2.05) is 31.2 Å². The van der Waals surface area contributed by atoms with Crippen LogP contribution in [0.1, 0.15) is 24.6 Å². The Kier molecular flexibility index (Phi) is 4.00. The molecule has 0 saturated carbocycles. The van der Waals surface area contributed by atoms with Gasteiger partial charge in [0.2, 0.25) is 0 Å². The third-order valence-electron chi connectivity index (χ3n) is 3.00. The minimum Gasteiger partial charge on any atom is -0.494 e. The molecule has 0 spiro atoms. The Morgan fingerprint density at radius 1 is 1.21 bits per heavy atom. The fourth-order valence-electron chi connectivity index (χ4n) is 1.71. The van der Waals surface area contributed by atoms with Gasteiger partial charge in [0.25, 0.3) is 5.56 Å². The highest BCUT2D eigenvalue weighted by Crippen LogP contribution is 2.19. The number of nitrogens with zero attached hydrogens (tertiary/aromatic N) is 1. The van der Waals surface area contributed by atoms with Crippen LogP contribution in [0.15, 0.2) is 29.1 Å². The van der Waals surface area contributed by atoms with Gasteiger partial charge >= 0.3 is 0 Å². The van der Waals surface area contributed by atoms with Crippen LogP contribution in [0.5, 0.6) is 5.75 Å². The van der Waals surface area contributed by atoms with E-state index in [4.69, 9.17) is 4.74 Å². The van der Waals surface area contributed by atoms with Crippen molar-refractivity contribution < 1.29 is 4.74 Å². The van der Waals surface area contributed by atoms with E-state index in [1.165, 1.54) is 0 Å². The van der Waals surface area contributed by atoms with Gasteiger partial charge in [0.05, 0.1) is 6.61 Å². The maximum atomic E-state index is 11.7. The van der Waals surface area contributed by atoms with Gasteiger partial charge < -0.3 is 9.72 Å². The van der Waals surface area contributed by atoms with E-state index in [0.29, 0.717) is 18.0 Å². The summed E-state index contributed by atoms with van der Waals surface area (Å²) in [6.07, 6.45) is 0.980. The van der Waals surface area contributed by atoms with Crippen molar-refractivity contribution in [2.45, 2.75) is 27.2 Å². The molecule has 1 heterocycles. The summed E-state index contributed by atoms with van der Waals surface area (Å²) in [5, 5.41) is 0. The van der Waals surface area contributed by atoms with Gasteiger partial charge in [-0.25, -0.2) is 4.98 Å². The van der Waals surface area contributed by atoms with Gasteiger partial charge in [-0.2, -0.15) is 0 Å². The molecule has 100 valence electrons. The Labute approximate surface area is 112 Å². The summed E-state index contributed by atoms with van der Waals surface area (Å²) < 4.78 is 5.52. The summed E-state index contributed by atoms with van der Waals surface area (Å²) in [5.41, 5.74) is 2.20. The molecule has 0 aliphatic heterocycles. The van der Waals surface area contributed by atoms with E-state index in [2.05, 4.69) is 16.9 Å². The summed E-state index contributed by atoms with van der Waals surface area (Å²) in [6, 6.07) is 7.58. The number of hydrogen-bond acceptors (Lipinski definition) is 3. The van der Waals surface area contributed by atoms with Crippen LogP contribution in [-0.2, 0) is 0 Å². The predicted octanol–water partition coefficient (Wildman–Crippen LogP) is 2.84. The minimum atomic E-state index is -0.0891. The third kappa shape index (κ3) is 3.02. The zero-order valence-electron chi connectivity index (χ0n) is 11.5. The van der Waals surface area contributed by atoms with Crippen LogP contribution in [-0.4, -0.2) is 16.6 Å². The number of rotatable bonds is 4. The molecule has 0 fully saturated rings. The second-order valence-electron chi connectivity index (χ2n) is 4.50. The van der Waals surface area contributed by atoms with E-state index in [9.17, 15) is 4.79 Å². The molecule has 4 heteroatoms. The van der Waals surface area contributed by atoms with Crippen LogP contribution < -0.4 is 10.3 Å². The van der Waals surface area contributed by atoms with E-state index in [1.54, 1.807) is 6.92 Å². The molecule has 4 nitrogen and oxygen atoms in total. The average Bonchev–Trinajstić information content (AvgIpc) is 2.42. The molecule has 1 aromatic heterocycles. The number of aromatic nitrogens is 2. The molecular weight excluding hydrogens is 240 g/mol. The SMILES string of the molecule is CCCOc1ccc(-c2nc(C)c(C)c(=O)[nH]2)cc1. The second-order valence-corrected chi connectivity index (χ2v) is 4.50. The molecule has 19 heavy (non-hydrogen) atoms. The van der Waals surface area contributed by atoms with Gasteiger partial charge in [0.1, 0.15) is 11.6 Å². The third-order valence-corrected chi connectivity index (χ3v) is 3.00. The van der Waals surface area contributed by atoms with Crippen LogP contribution in [0.4, 0.5) is 0 Å². The van der Waals surface area contributed by atoms with Crippen LogP contribution in [0, 0.1) is 13.8 Å². The highest BCUT2D eigenvalue weighted by atomic mass is 16.5. The first kappa shape index (κ1) is 13.3. The average molecular weight is 258 g/mol. The largest absolute Gasteiger partial charge is 0.494 e. The van der Waals surface area contributed by atoms with E-state index in [0.717, 1.165) is 23.4 Å². The molecule has 0 amide bonds. The lowest BCUT2D eigenvalue weighted by Crippen LogP contribution is -2.14. The number of ether oxygens (including phenoxy) is 1. The Bertz CT molecular complexity index is 615. The van der Waals surface area contributed by atoms with Crippen molar-refractivity contribution in [3.8, 4) is 17.1 Å². The first-order chi connectivity index (χ1) is 9.11. The van der Waals surface area contributed by atoms with Crippen molar-refractivity contribution in [2.24, 2.45) is 0 Å². The number of H-pyrrole nitrogens is 1. The highest BCUT2D eigenvalue weighted by molar-refractivity contribution is 5.56. The predicted molar refractivity (Wildman–Crippen MR) is 75.6 cm³/mol. The second kappa shape index (κ2) is 5.69. The molecule has 0 aliphatic carbocycles. The normalized spacial score (nSPS) is 10.5. The summed E-state index contributed by atoms with van der Waals surface area (Å²) >= 11 is 0. The van der Waals surface area contributed by atoms with E-state index >= 15 is 0 Å². The van der Waals surface area contributed by atoms with Gasteiger partial charge in [-0.3, -0.25) is 4.79 Å². The Morgan fingerprint density at radius 3 is 2.47 bits per heavy atom. The quantitative estimate of drug-likeness (QED) is 0.917. The molecule has 0 radical (unpaired) electrons. The summed E-state index contributed by atoms with van der Waals surface area (Å²) in [6.45, 7) is 6.38. The zero-order chi connectivity index (χ0) is 13.8. The van der Waals surface area contributed by atoms with Crippen molar-refractivity contribution >= 4 is 0 Å². The van der Waals surface area contributed by atoms with Gasteiger partial charge in [0, 0.05) is 16.8 Å². The molecule has 2 rings (SSSR count). The topological polar surface area (TPSA) is 55.0 Å². The molecular formula is C15H18N2O2. The number of nitrogens with one attached hydrogen (secondary N) is 1. The summed E-state index contributed by atoms with van der Waals surface area (Å²) in [5.74, 6) is 1.42. The Hall–Kier alpha value is -2.10. The highest BCUT2D eigenvalue weighted by Gasteiger charge is 2.06. The molecule has 1 aromatic carbocycles. The molecule has 1 N–H and O–H groups in total. The number of aryl methyl sites for hydroxylation is 1. The van der Waals surface area contributed by atoms with Crippen molar-refractivity contribution in [3.05, 3.63) is 45.9 Å². The monoisotopic (exact) mass is 258 g/mol. The number of hydrogen-bond donors (Lipinski definition) is 1. The standard InChI is InChI=1S/C15H18N2O2/c1-4-9-19-13-7-5-12(6-8-13)14-16-11(3)10(2)15(18)17-14/h5-8H,4,9H2,1-3H3,(H,16,17,18). The lowest BCUT2D eigenvalue weighted by Gasteiger charge is -2.07. The zero-order valence-corrected chi connectivity index (χ0v) is 11.5. The maximum absolute atomic E-state index is 11.7. The Balaban J connectivity index is 2.30. The van der Waals surface area contributed by atoms with Gasteiger partial charge in [0.15, 0.2) is 0 Å². The molecule has 0 aliphatic rings. The smallest absolute Gasteiger partial charge is 0.254 e. The minimum absolute atomic E-state index is 0.0891. The van der Waals surface area contributed by atoms with Gasteiger partial charge in [-0.05, 0) is 44.5 Å². The van der Waals surface area contributed by atoms with Crippen molar-refractivity contribution in [1.29, 1.82) is 0 Å². The lowest BCUT2D eigenvalue weighted by atomic mass is 10.2. The van der Waals surface area contributed by atoms with Crippen molar-refractivity contribution in [1.82, 2.24) is 9.97 Å². The molecule has 2 aromatic rings. The summed E-state index contributed by atoms with van der Waals surface area (Å²) in [4.78, 5) is 18.9. The van der Waals surface area contributed by atoms with Crippen LogP contribution in [0.25, 0.3) is 11.4 Å². The van der Waals surface area contributed by atoms with Crippen LogP contribution >= 0.6 is 0 Å². The lowest BCUT2D eigenvalue weighted by molar-refractivity contribution is 0.317. The molecule has 0 saturated heterocycles. The molecule has 0 atom stereocenters. The summed E-state index contributed by atoms with van der Waals surface area (Å²) in [7, 11) is 0. The maximum Gasteiger partial charge on any atom is 0.254 e. The number of benzene rings is 1. The van der Waals surface area contributed by atoms with Gasteiger partial charge in [-0.1, -0.05) is 6.92 Å². The fraction of sp³-hybridized carbons (Fsp3) is 0.333. The molecule has 0 unspecified atom stereocenters.